The van der Waals surface area contributed by atoms with Gasteiger partial charge in [-0.1, -0.05) is 68.3 Å². The van der Waals surface area contributed by atoms with Gasteiger partial charge in [0.05, 0.1) is 0 Å². The zero-order valence-electron chi connectivity index (χ0n) is 24.1. The quantitative estimate of drug-likeness (QED) is 0.187. The SMILES string of the molecule is COCCCCC(C)(CCCCN(C)C)c1ccccc1Cc1ccccc1C.Nc1cc(C=O)ccn1. The maximum atomic E-state index is 10.1. The third-order valence-electron chi connectivity index (χ3n) is 7.16. The number of anilines is 1. The van der Waals surface area contributed by atoms with Crippen molar-refractivity contribution in [2.45, 2.75) is 64.2 Å². The highest BCUT2D eigenvalue weighted by atomic mass is 16.5. The first-order chi connectivity index (χ1) is 18.3. The lowest BCUT2D eigenvalue weighted by atomic mass is 9.72. The van der Waals surface area contributed by atoms with E-state index in [9.17, 15) is 4.79 Å². The molecule has 3 aromatic rings. The summed E-state index contributed by atoms with van der Waals surface area (Å²) < 4.78 is 5.30. The molecule has 0 aliphatic carbocycles. The minimum atomic E-state index is 0.222. The van der Waals surface area contributed by atoms with Crippen LogP contribution in [0.5, 0.6) is 0 Å². The number of nitrogen functional groups attached to an aromatic ring is 1. The number of aromatic nitrogens is 1. The lowest BCUT2D eigenvalue weighted by Gasteiger charge is -2.33. The Balaban J connectivity index is 0.000000474. The number of carbonyl (C=O) groups excluding carboxylic acids is 1. The fourth-order valence-electron chi connectivity index (χ4n) is 4.91. The van der Waals surface area contributed by atoms with Gasteiger partial charge in [-0.05, 0) is 99.5 Å². The van der Waals surface area contributed by atoms with Gasteiger partial charge in [0.15, 0.2) is 0 Å². The van der Waals surface area contributed by atoms with E-state index >= 15 is 0 Å². The Morgan fingerprint density at radius 2 is 1.61 bits per heavy atom. The molecule has 38 heavy (non-hydrogen) atoms. The van der Waals surface area contributed by atoms with E-state index in [1.807, 2.05) is 0 Å². The number of ether oxygens (including phenoxy) is 1. The molecule has 3 rings (SSSR count). The van der Waals surface area contributed by atoms with E-state index in [2.05, 4.69) is 86.4 Å². The number of carbonyl (C=O) groups is 1. The van der Waals surface area contributed by atoms with Crippen LogP contribution >= 0.6 is 0 Å². The molecule has 1 atom stereocenters. The number of nitrogens with zero attached hydrogens (tertiary/aromatic N) is 2. The van der Waals surface area contributed by atoms with Gasteiger partial charge in [0.2, 0.25) is 0 Å². The number of unbranched alkanes of at least 4 members (excludes halogenated alkanes) is 2. The van der Waals surface area contributed by atoms with E-state index in [1.54, 1.807) is 18.7 Å². The number of aryl methyl sites for hydroxylation is 1. The monoisotopic (exact) mass is 517 g/mol. The topological polar surface area (TPSA) is 68.5 Å². The third-order valence-corrected chi connectivity index (χ3v) is 7.16. The summed E-state index contributed by atoms with van der Waals surface area (Å²) in [6.45, 7) is 6.75. The molecule has 1 unspecified atom stereocenters. The molecule has 0 fully saturated rings. The van der Waals surface area contributed by atoms with Gasteiger partial charge in [0, 0.05) is 25.5 Å². The summed E-state index contributed by atoms with van der Waals surface area (Å²) in [6.07, 6.45) is 10.6. The summed E-state index contributed by atoms with van der Waals surface area (Å²) in [5, 5.41) is 0. The molecule has 5 heteroatoms. The van der Waals surface area contributed by atoms with Crippen molar-refractivity contribution in [3.8, 4) is 0 Å². The standard InChI is InChI=1S/C27H41NO.C6H6N2O/c1-23-14-6-7-15-24(23)22-25-16-8-9-17-26(25)27(2,19-11-13-21-29-5)18-10-12-20-28(3)4;7-6-3-5(4-9)1-2-8-6/h6-9,14-17H,10-13,18-22H2,1-5H3;1-4H,(H2,7,8). The van der Waals surface area contributed by atoms with Crippen molar-refractivity contribution in [2.75, 3.05) is 40.1 Å². The summed E-state index contributed by atoms with van der Waals surface area (Å²) in [5.41, 5.74) is 11.9. The molecule has 0 aliphatic rings. The number of hydrogen-bond donors (Lipinski definition) is 1. The molecule has 2 N–H and O–H groups in total. The summed E-state index contributed by atoms with van der Waals surface area (Å²) >= 11 is 0. The molecule has 1 heterocycles. The first-order valence-electron chi connectivity index (χ1n) is 13.7. The Bertz CT molecular complexity index is 1100. The molecular weight excluding hydrogens is 470 g/mol. The van der Waals surface area contributed by atoms with E-state index < -0.39 is 0 Å². The Morgan fingerprint density at radius 3 is 2.21 bits per heavy atom. The highest BCUT2D eigenvalue weighted by Crippen LogP contribution is 2.37. The average Bonchev–Trinajstić information content (AvgIpc) is 2.91. The van der Waals surface area contributed by atoms with Crippen LogP contribution in [-0.4, -0.2) is 50.5 Å². The second-order valence-electron chi connectivity index (χ2n) is 10.7. The second-order valence-corrected chi connectivity index (χ2v) is 10.7. The van der Waals surface area contributed by atoms with Crippen molar-refractivity contribution in [1.29, 1.82) is 0 Å². The minimum Gasteiger partial charge on any atom is -0.385 e. The van der Waals surface area contributed by atoms with Gasteiger partial charge in [-0.25, -0.2) is 4.98 Å². The number of rotatable bonds is 14. The molecule has 0 saturated carbocycles. The number of pyridine rings is 1. The highest BCUT2D eigenvalue weighted by Gasteiger charge is 2.28. The number of nitrogens with two attached hydrogens (primary N) is 1. The fraction of sp³-hybridized carbons (Fsp3) is 0.455. The van der Waals surface area contributed by atoms with Crippen LogP contribution in [0, 0.1) is 6.92 Å². The van der Waals surface area contributed by atoms with Crippen LogP contribution in [0.4, 0.5) is 5.82 Å². The van der Waals surface area contributed by atoms with Crippen LogP contribution < -0.4 is 5.73 Å². The molecule has 0 bridgehead atoms. The third kappa shape index (κ3) is 10.8. The Morgan fingerprint density at radius 1 is 0.947 bits per heavy atom. The molecular formula is C33H47N3O2. The zero-order chi connectivity index (χ0) is 27.8. The van der Waals surface area contributed by atoms with E-state index in [4.69, 9.17) is 10.5 Å². The maximum absolute atomic E-state index is 10.1. The van der Waals surface area contributed by atoms with Gasteiger partial charge < -0.3 is 15.4 Å². The van der Waals surface area contributed by atoms with Gasteiger partial charge in [-0.3, -0.25) is 4.79 Å². The van der Waals surface area contributed by atoms with Crippen LogP contribution in [0.3, 0.4) is 0 Å². The Labute approximate surface area is 230 Å². The number of benzene rings is 2. The average molecular weight is 518 g/mol. The van der Waals surface area contributed by atoms with E-state index in [0.29, 0.717) is 11.4 Å². The molecule has 2 aromatic carbocycles. The summed E-state index contributed by atoms with van der Waals surface area (Å²) in [6, 6.07) is 21.1. The second kappa shape index (κ2) is 16.7. The molecule has 206 valence electrons. The lowest BCUT2D eigenvalue weighted by molar-refractivity contribution is 0.112. The fourth-order valence-corrected chi connectivity index (χ4v) is 4.91. The summed E-state index contributed by atoms with van der Waals surface area (Å²) in [4.78, 5) is 16.1. The minimum absolute atomic E-state index is 0.222. The largest absolute Gasteiger partial charge is 0.385 e. The van der Waals surface area contributed by atoms with Crippen molar-refractivity contribution >= 4 is 12.1 Å². The Hall–Kier alpha value is -3.02. The lowest BCUT2D eigenvalue weighted by Crippen LogP contribution is -2.25. The molecule has 0 aliphatic heterocycles. The molecule has 0 radical (unpaired) electrons. The zero-order valence-corrected chi connectivity index (χ0v) is 24.1. The van der Waals surface area contributed by atoms with Gasteiger partial charge in [-0.2, -0.15) is 0 Å². The summed E-state index contributed by atoms with van der Waals surface area (Å²) in [5.74, 6) is 0.375. The van der Waals surface area contributed by atoms with Crippen molar-refractivity contribution in [2.24, 2.45) is 0 Å². The first kappa shape index (κ1) is 31.2. The Kier molecular flexibility index (Phi) is 13.7. The van der Waals surface area contributed by atoms with Crippen molar-refractivity contribution in [1.82, 2.24) is 9.88 Å². The maximum Gasteiger partial charge on any atom is 0.150 e. The smallest absolute Gasteiger partial charge is 0.150 e. The van der Waals surface area contributed by atoms with Crippen LogP contribution in [0.2, 0.25) is 0 Å². The van der Waals surface area contributed by atoms with Gasteiger partial charge >= 0.3 is 0 Å². The predicted molar refractivity (Wildman–Crippen MR) is 160 cm³/mol. The molecule has 5 nitrogen and oxygen atoms in total. The molecule has 0 amide bonds. The van der Waals surface area contributed by atoms with Crippen LogP contribution in [-0.2, 0) is 16.6 Å². The van der Waals surface area contributed by atoms with Crippen LogP contribution in [0.25, 0.3) is 0 Å². The number of methoxy groups -OCH3 is 1. The highest BCUT2D eigenvalue weighted by molar-refractivity contribution is 5.75. The molecule has 0 spiro atoms. The molecule has 0 saturated heterocycles. The number of hydrogen-bond acceptors (Lipinski definition) is 5. The van der Waals surface area contributed by atoms with Gasteiger partial charge in [0.25, 0.3) is 0 Å². The van der Waals surface area contributed by atoms with Crippen molar-refractivity contribution in [3.63, 3.8) is 0 Å². The van der Waals surface area contributed by atoms with Crippen LogP contribution in [0.1, 0.15) is 78.1 Å². The van der Waals surface area contributed by atoms with Crippen molar-refractivity contribution < 1.29 is 9.53 Å². The first-order valence-corrected chi connectivity index (χ1v) is 13.7. The summed E-state index contributed by atoms with van der Waals surface area (Å²) in [7, 11) is 6.14. The van der Waals surface area contributed by atoms with E-state index in [1.165, 1.54) is 67.6 Å². The van der Waals surface area contributed by atoms with Crippen LogP contribution in [0.15, 0.2) is 66.9 Å². The van der Waals surface area contributed by atoms with E-state index in [0.717, 1.165) is 25.7 Å². The van der Waals surface area contributed by atoms with Crippen molar-refractivity contribution in [3.05, 3.63) is 94.7 Å². The van der Waals surface area contributed by atoms with Gasteiger partial charge in [0.1, 0.15) is 12.1 Å². The normalized spacial score (nSPS) is 12.5. The van der Waals surface area contributed by atoms with E-state index in [-0.39, 0.29) is 5.41 Å². The van der Waals surface area contributed by atoms with Gasteiger partial charge in [-0.15, -0.1) is 0 Å². The predicted octanol–water partition coefficient (Wildman–Crippen LogP) is 6.87. The molecule has 1 aromatic heterocycles. The number of aldehydes is 1.